The molecule has 1 unspecified atom stereocenters. The van der Waals surface area contributed by atoms with E-state index in [4.69, 9.17) is 9.47 Å². The fourth-order valence-electron chi connectivity index (χ4n) is 2.16. The minimum atomic E-state index is 0.0366. The highest BCUT2D eigenvalue weighted by molar-refractivity contribution is 5.96. The summed E-state index contributed by atoms with van der Waals surface area (Å²) in [5, 5.41) is 0. The zero-order chi connectivity index (χ0) is 13.0. The minimum absolute atomic E-state index is 0.0366. The predicted molar refractivity (Wildman–Crippen MR) is 70.3 cm³/mol. The summed E-state index contributed by atoms with van der Waals surface area (Å²) in [4.78, 5) is 11.5. The lowest BCUT2D eigenvalue weighted by molar-refractivity contribution is -0.0112. The second-order valence-corrected chi connectivity index (χ2v) is 4.86. The summed E-state index contributed by atoms with van der Waals surface area (Å²) < 4.78 is 11.4. The first-order chi connectivity index (χ1) is 8.66. The highest BCUT2D eigenvalue weighted by atomic mass is 16.5. The van der Waals surface area contributed by atoms with E-state index < -0.39 is 0 Å². The standard InChI is InChI=1S/C15H20O3/c1-11-6-7-14(12(2)16)15(9-11)18-10-13-5-3-4-8-17-13/h6-7,9,13H,3-5,8,10H2,1-2H3. The first-order valence-electron chi connectivity index (χ1n) is 6.53. The van der Waals surface area contributed by atoms with Crippen LogP contribution >= 0.6 is 0 Å². The van der Waals surface area contributed by atoms with Crippen LogP contribution in [0.15, 0.2) is 18.2 Å². The summed E-state index contributed by atoms with van der Waals surface area (Å²) in [6.07, 6.45) is 3.54. The van der Waals surface area contributed by atoms with Gasteiger partial charge in [-0.1, -0.05) is 6.07 Å². The number of ether oxygens (including phenoxy) is 2. The van der Waals surface area contributed by atoms with Gasteiger partial charge in [0.15, 0.2) is 5.78 Å². The van der Waals surface area contributed by atoms with Crippen LogP contribution in [-0.2, 0) is 4.74 Å². The largest absolute Gasteiger partial charge is 0.490 e. The van der Waals surface area contributed by atoms with Crippen molar-refractivity contribution in [1.29, 1.82) is 0 Å². The van der Waals surface area contributed by atoms with Crippen LogP contribution in [0.3, 0.4) is 0 Å². The van der Waals surface area contributed by atoms with E-state index in [-0.39, 0.29) is 11.9 Å². The summed E-state index contributed by atoms with van der Waals surface area (Å²) >= 11 is 0. The number of hydrogen-bond donors (Lipinski definition) is 0. The van der Waals surface area contributed by atoms with E-state index in [1.807, 2.05) is 25.1 Å². The number of Topliss-reactive ketones (excluding diaryl/α,β-unsaturated/α-hetero) is 1. The van der Waals surface area contributed by atoms with Gasteiger partial charge in [0.2, 0.25) is 0 Å². The van der Waals surface area contributed by atoms with Crippen LogP contribution in [0.2, 0.25) is 0 Å². The van der Waals surface area contributed by atoms with Gasteiger partial charge in [-0.05, 0) is 50.8 Å². The Morgan fingerprint density at radius 2 is 2.28 bits per heavy atom. The molecule has 1 fully saturated rings. The molecule has 1 heterocycles. The molecule has 3 nitrogen and oxygen atoms in total. The third-order valence-corrected chi connectivity index (χ3v) is 3.22. The zero-order valence-electron chi connectivity index (χ0n) is 11.1. The van der Waals surface area contributed by atoms with E-state index in [0.29, 0.717) is 17.9 Å². The maximum atomic E-state index is 11.5. The van der Waals surface area contributed by atoms with Crippen LogP contribution in [-0.4, -0.2) is 25.1 Å². The maximum absolute atomic E-state index is 11.5. The second kappa shape index (κ2) is 6.01. The summed E-state index contributed by atoms with van der Waals surface area (Å²) in [5.41, 5.74) is 1.75. The Kier molecular flexibility index (Phi) is 4.37. The Hall–Kier alpha value is -1.35. The molecule has 3 heteroatoms. The normalized spacial score (nSPS) is 19.6. The second-order valence-electron chi connectivity index (χ2n) is 4.86. The van der Waals surface area contributed by atoms with Crippen molar-refractivity contribution < 1.29 is 14.3 Å². The maximum Gasteiger partial charge on any atom is 0.163 e. The molecule has 0 radical (unpaired) electrons. The van der Waals surface area contributed by atoms with Gasteiger partial charge in [-0.25, -0.2) is 0 Å². The molecular weight excluding hydrogens is 228 g/mol. The highest BCUT2D eigenvalue weighted by Crippen LogP contribution is 2.22. The molecule has 0 aliphatic carbocycles. The van der Waals surface area contributed by atoms with Crippen LogP contribution < -0.4 is 4.74 Å². The Balaban J connectivity index is 2.03. The predicted octanol–water partition coefficient (Wildman–Crippen LogP) is 3.15. The Morgan fingerprint density at radius 3 is 2.94 bits per heavy atom. The first kappa shape index (κ1) is 13.1. The summed E-state index contributed by atoms with van der Waals surface area (Å²) in [6, 6.07) is 5.68. The van der Waals surface area contributed by atoms with Crippen LogP contribution in [0.1, 0.15) is 42.1 Å². The van der Waals surface area contributed by atoms with Gasteiger partial charge in [0.25, 0.3) is 0 Å². The van der Waals surface area contributed by atoms with Gasteiger partial charge < -0.3 is 9.47 Å². The van der Waals surface area contributed by atoms with E-state index in [1.54, 1.807) is 6.92 Å². The van der Waals surface area contributed by atoms with E-state index in [2.05, 4.69) is 0 Å². The van der Waals surface area contributed by atoms with Crippen molar-refractivity contribution in [1.82, 2.24) is 0 Å². The number of benzene rings is 1. The lowest BCUT2D eigenvalue weighted by Crippen LogP contribution is -2.26. The molecule has 0 bridgehead atoms. The number of carbonyl (C=O) groups is 1. The van der Waals surface area contributed by atoms with Gasteiger partial charge in [0.1, 0.15) is 12.4 Å². The molecular formula is C15H20O3. The molecule has 1 aliphatic heterocycles. The molecule has 2 rings (SSSR count). The Bertz CT molecular complexity index is 420. The minimum Gasteiger partial charge on any atom is -0.490 e. The third-order valence-electron chi connectivity index (χ3n) is 3.22. The monoisotopic (exact) mass is 248 g/mol. The fourth-order valence-corrected chi connectivity index (χ4v) is 2.16. The molecule has 0 amide bonds. The molecule has 0 saturated carbocycles. The van der Waals surface area contributed by atoms with Crippen molar-refractivity contribution in [2.45, 2.75) is 39.2 Å². The lowest BCUT2D eigenvalue weighted by Gasteiger charge is -2.23. The van der Waals surface area contributed by atoms with Gasteiger partial charge in [0, 0.05) is 6.61 Å². The molecule has 0 spiro atoms. The highest BCUT2D eigenvalue weighted by Gasteiger charge is 2.16. The zero-order valence-corrected chi connectivity index (χ0v) is 11.1. The van der Waals surface area contributed by atoms with Crippen LogP contribution in [0.25, 0.3) is 0 Å². The van der Waals surface area contributed by atoms with Crippen LogP contribution in [0, 0.1) is 6.92 Å². The molecule has 98 valence electrons. The van der Waals surface area contributed by atoms with Crippen molar-refractivity contribution in [3.05, 3.63) is 29.3 Å². The average Bonchev–Trinajstić information content (AvgIpc) is 2.37. The van der Waals surface area contributed by atoms with Gasteiger partial charge in [-0.3, -0.25) is 4.79 Å². The number of ketones is 1. The molecule has 0 N–H and O–H groups in total. The molecule has 1 atom stereocenters. The van der Waals surface area contributed by atoms with Gasteiger partial charge >= 0.3 is 0 Å². The third kappa shape index (κ3) is 3.33. The van der Waals surface area contributed by atoms with E-state index in [0.717, 1.165) is 25.0 Å². The lowest BCUT2D eigenvalue weighted by atomic mass is 10.1. The van der Waals surface area contributed by atoms with Crippen molar-refractivity contribution in [3.8, 4) is 5.75 Å². The Morgan fingerprint density at radius 1 is 1.44 bits per heavy atom. The molecule has 1 aliphatic rings. The molecule has 1 aromatic carbocycles. The summed E-state index contributed by atoms with van der Waals surface area (Å²) in [7, 11) is 0. The number of rotatable bonds is 4. The van der Waals surface area contributed by atoms with Crippen molar-refractivity contribution >= 4 is 5.78 Å². The number of aryl methyl sites for hydroxylation is 1. The van der Waals surface area contributed by atoms with E-state index >= 15 is 0 Å². The summed E-state index contributed by atoms with van der Waals surface area (Å²) in [5.74, 6) is 0.714. The first-order valence-corrected chi connectivity index (χ1v) is 6.53. The smallest absolute Gasteiger partial charge is 0.163 e. The average molecular weight is 248 g/mol. The van der Waals surface area contributed by atoms with E-state index in [1.165, 1.54) is 6.42 Å². The topological polar surface area (TPSA) is 35.5 Å². The van der Waals surface area contributed by atoms with Gasteiger partial charge in [-0.15, -0.1) is 0 Å². The van der Waals surface area contributed by atoms with Crippen LogP contribution in [0.5, 0.6) is 5.75 Å². The summed E-state index contributed by atoms with van der Waals surface area (Å²) in [6.45, 7) is 4.91. The van der Waals surface area contributed by atoms with Crippen molar-refractivity contribution in [2.24, 2.45) is 0 Å². The molecule has 0 aromatic heterocycles. The van der Waals surface area contributed by atoms with Gasteiger partial charge in [0.05, 0.1) is 11.7 Å². The van der Waals surface area contributed by atoms with E-state index in [9.17, 15) is 4.79 Å². The molecule has 1 saturated heterocycles. The van der Waals surface area contributed by atoms with Crippen molar-refractivity contribution in [2.75, 3.05) is 13.2 Å². The SMILES string of the molecule is CC(=O)c1ccc(C)cc1OCC1CCCCO1. The van der Waals surface area contributed by atoms with Gasteiger partial charge in [-0.2, -0.15) is 0 Å². The number of hydrogen-bond acceptors (Lipinski definition) is 3. The number of carbonyl (C=O) groups excluding carboxylic acids is 1. The van der Waals surface area contributed by atoms with Crippen LogP contribution in [0.4, 0.5) is 0 Å². The molecule has 1 aromatic rings. The fraction of sp³-hybridized carbons (Fsp3) is 0.533. The van der Waals surface area contributed by atoms with Crippen molar-refractivity contribution in [3.63, 3.8) is 0 Å². The molecule has 18 heavy (non-hydrogen) atoms. The Labute approximate surface area is 108 Å². The quantitative estimate of drug-likeness (QED) is 0.768.